The standard InChI is InChI=1S/C16H20N4O3/c1-12-16(15(21)11-18-9-7-17(2)8-10-18)20(23)14-6-4-3-5-13(14)19(12)22/h3-6H,7-11H2,1-2H3. The van der Waals surface area contributed by atoms with Crippen LogP contribution < -0.4 is 4.43 Å². The molecule has 0 N–H and O–H groups in total. The van der Waals surface area contributed by atoms with Crippen LogP contribution in [0.25, 0.3) is 11.0 Å². The van der Waals surface area contributed by atoms with Crippen molar-refractivity contribution in [1.29, 1.82) is 0 Å². The number of ketones is 1. The molecule has 23 heavy (non-hydrogen) atoms. The third kappa shape index (κ3) is 2.85. The van der Waals surface area contributed by atoms with E-state index in [0.29, 0.717) is 9.16 Å². The average Bonchev–Trinajstić information content (AvgIpc) is 2.55. The lowest BCUT2D eigenvalue weighted by Gasteiger charge is -2.31. The summed E-state index contributed by atoms with van der Waals surface area (Å²) in [4.78, 5) is 29.4. The first-order valence-corrected chi connectivity index (χ1v) is 7.67. The van der Waals surface area contributed by atoms with Gasteiger partial charge >= 0.3 is 5.69 Å². The molecule has 1 aromatic heterocycles. The Balaban J connectivity index is 1.96. The zero-order valence-corrected chi connectivity index (χ0v) is 13.4. The summed E-state index contributed by atoms with van der Waals surface area (Å²) >= 11 is 0. The van der Waals surface area contributed by atoms with Crippen LogP contribution in [0.15, 0.2) is 24.3 Å². The number of nitrogens with zero attached hydrogens (tertiary/aromatic N) is 4. The molecule has 2 heterocycles. The van der Waals surface area contributed by atoms with Crippen molar-refractivity contribution in [1.82, 2.24) is 14.5 Å². The number of piperazine rings is 1. The molecule has 122 valence electrons. The first-order valence-electron chi connectivity index (χ1n) is 7.67. The number of hydrogen-bond acceptors (Lipinski definition) is 5. The Morgan fingerprint density at radius 1 is 1.22 bits per heavy atom. The molecule has 0 amide bonds. The fraction of sp³-hybridized carbons (Fsp3) is 0.438. The third-order valence-electron chi connectivity index (χ3n) is 4.40. The number of aromatic nitrogens is 2. The van der Waals surface area contributed by atoms with Gasteiger partial charge in [-0.15, -0.1) is 0 Å². The quantitative estimate of drug-likeness (QED) is 0.614. The number of hydrogen-bond donors (Lipinski definition) is 0. The molecule has 0 bridgehead atoms. The smallest absolute Gasteiger partial charge is 0.326 e. The molecule has 0 atom stereocenters. The van der Waals surface area contributed by atoms with Gasteiger partial charge in [0.05, 0.1) is 16.7 Å². The first kappa shape index (κ1) is 15.6. The summed E-state index contributed by atoms with van der Waals surface area (Å²) in [5.41, 5.74) is 0.585. The largest absolute Gasteiger partial charge is 0.805 e. The van der Waals surface area contributed by atoms with Gasteiger partial charge in [-0.1, -0.05) is 12.1 Å². The summed E-state index contributed by atoms with van der Waals surface area (Å²) in [6.07, 6.45) is 0. The van der Waals surface area contributed by atoms with Crippen molar-refractivity contribution in [3.8, 4) is 0 Å². The van der Waals surface area contributed by atoms with Crippen molar-refractivity contribution in [2.75, 3.05) is 39.8 Å². The van der Waals surface area contributed by atoms with Gasteiger partial charge in [0, 0.05) is 37.2 Å². The van der Waals surface area contributed by atoms with Crippen LogP contribution in [0, 0.1) is 17.0 Å². The van der Waals surface area contributed by atoms with E-state index in [4.69, 9.17) is 0 Å². The predicted molar refractivity (Wildman–Crippen MR) is 87.1 cm³/mol. The minimum Gasteiger partial charge on any atom is -0.805 e. The molecule has 1 aliphatic heterocycles. The van der Waals surface area contributed by atoms with E-state index < -0.39 is 0 Å². The van der Waals surface area contributed by atoms with Crippen LogP contribution in [-0.4, -0.2) is 60.1 Å². The van der Waals surface area contributed by atoms with Crippen LogP contribution in [0.5, 0.6) is 0 Å². The lowest BCUT2D eigenvalue weighted by molar-refractivity contribution is -0.468. The van der Waals surface area contributed by atoms with Gasteiger partial charge in [-0.3, -0.25) is 9.69 Å². The molecule has 2 aromatic rings. The van der Waals surface area contributed by atoms with E-state index >= 15 is 0 Å². The first-order chi connectivity index (χ1) is 11.0. The lowest BCUT2D eigenvalue weighted by atomic mass is 10.1. The highest BCUT2D eigenvalue weighted by Gasteiger charge is 2.28. The van der Waals surface area contributed by atoms with Crippen molar-refractivity contribution in [2.45, 2.75) is 6.92 Å². The molecule has 0 aliphatic carbocycles. The van der Waals surface area contributed by atoms with Crippen LogP contribution in [0.3, 0.4) is 0 Å². The normalized spacial score (nSPS) is 16.8. The van der Waals surface area contributed by atoms with Crippen molar-refractivity contribution < 1.29 is 9.22 Å². The fourth-order valence-corrected chi connectivity index (χ4v) is 2.95. The molecule has 7 heteroatoms. The summed E-state index contributed by atoms with van der Waals surface area (Å²) < 4.78 is 1.26. The summed E-state index contributed by atoms with van der Waals surface area (Å²) in [6, 6.07) is 6.52. The summed E-state index contributed by atoms with van der Waals surface area (Å²) in [5.74, 6) is -0.308. The van der Waals surface area contributed by atoms with Crippen molar-refractivity contribution in [2.24, 2.45) is 0 Å². The predicted octanol–water partition coefficient (Wildman–Crippen LogP) is 0.640. The van der Waals surface area contributed by atoms with Crippen molar-refractivity contribution in [3.05, 3.63) is 45.8 Å². The van der Waals surface area contributed by atoms with E-state index in [1.54, 1.807) is 24.3 Å². The van der Waals surface area contributed by atoms with E-state index in [9.17, 15) is 14.9 Å². The maximum Gasteiger partial charge on any atom is 0.326 e. The number of carbonyl (C=O) groups excluding carboxylic acids is 1. The molecule has 0 unspecified atom stereocenters. The van der Waals surface area contributed by atoms with Gasteiger partial charge < -0.3 is 14.8 Å². The molecular formula is C16H20N4O3. The Morgan fingerprint density at radius 2 is 1.87 bits per heavy atom. The maximum absolute atomic E-state index is 12.6. The minimum absolute atomic E-state index is 0.0578. The molecule has 1 aliphatic rings. The van der Waals surface area contributed by atoms with E-state index in [0.717, 1.165) is 26.2 Å². The number of para-hydroxylation sites is 2. The van der Waals surface area contributed by atoms with E-state index in [1.165, 1.54) is 6.92 Å². The van der Waals surface area contributed by atoms with Crippen molar-refractivity contribution >= 4 is 16.8 Å². The molecule has 1 aromatic carbocycles. The monoisotopic (exact) mass is 316 g/mol. The Labute approximate surface area is 133 Å². The number of fused-ring (bicyclic) bond motifs is 1. The molecule has 1 fully saturated rings. The van der Waals surface area contributed by atoms with Gasteiger partial charge in [-0.25, -0.2) is 0 Å². The van der Waals surface area contributed by atoms with Crippen LogP contribution in [0.2, 0.25) is 0 Å². The Kier molecular flexibility index (Phi) is 4.14. The second-order valence-electron chi connectivity index (χ2n) is 6.01. The lowest BCUT2D eigenvalue weighted by Crippen LogP contribution is -2.47. The second kappa shape index (κ2) is 6.10. The number of carbonyl (C=O) groups is 1. The number of benzene rings is 1. The summed E-state index contributed by atoms with van der Waals surface area (Å²) in [5, 5.41) is 12.3. The molecule has 0 spiro atoms. The van der Waals surface area contributed by atoms with Crippen molar-refractivity contribution in [3.63, 3.8) is 0 Å². The van der Waals surface area contributed by atoms with Gasteiger partial charge in [0.1, 0.15) is 5.52 Å². The Hall–Kier alpha value is -2.25. The highest BCUT2D eigenvalue weighted by molar-refractivity contribution is 5.96. The maximum atomic E-state index is 12.6. The molecule has 1 saturated heterocycles. The van der Waals surface area contributed by atoms with Crippen LogP contribution in [-0.2, 0) is 0 Å². The topological polar surface area (TPSA) is 74.5 Å². The Bertz CT molecular complexity index is 807. The Morgan fingerprint density at radius 3 is 2.57 bits per heavy atom. The number of likely N-dealkylation sites (N-methyl/N-ethyl adjacent to an activating group) is 1. The fourth-order valence-electron chi connectivity index (χ4n) is 2.95. The summed E-state index contributed by atoms with van der Waals surface area (Å²) in [6.45, 7) is 5.03. The van der Waals surface area contributed by atoms with Crippen LogP contribution in [0.1, 0.15) is 16.2 Å². The highest BCUT2D eigenvalue weighted by Crippen LogP contribution is 2.14. The molecule has 7 nitrogen and oxygen atoms in total. The summed E-state index contributed by atoms with van der Waals surface area (Å²) in [7, 11) is 2.04. The number of rotatable bonds is 3. The molecule has 3 rings (SSSR count). The van der Waals surface area contributed by atoms with E-state index in [1.807, 2.05) is 11.9 Å². The number of Topliss-reactive ketones (excluding diaryl/α,β-unsaturated/α-hetero) is 1. The molecular weight excluding hydrogens is 296 g/mol. The van der Waals surface area contributed by atoms with Crippen LogP contribution in [0.4, 0.5) is 0 Å². The molecule has 0 saturated carbocycles. The van der Waals surface area contributed by atoms with Gasteiger partial charge in [-0.2, -0.15) is 0 Å². The zero-order valence-electron chi connectivity index (χ0n) is 13.4. The van der Waals surface area contributed by atoms with Gasteiger partial charge in [0.2, 0.25) is 5.78 Å². The zero-order chi connectivity index (χ0) is 16.6. The highest BCUT2D eigenvalue weighted by atomic mass is 16.5. The SMILES string of the molecule is Cc1c(C(=O)CN2CCN(C)CC2)[n+](=O)c2ccccc2n1[O-]. The average molecular weight is 316 g/mol. The van der Waals surface area contributed by atoms with E-state index in [2.05, 4.69) is 4.90 Å². The molecule has 0 radical (unpaired) electrons. The van der Waals surface area contributed by atoms with Gasteiger partial charge in [0.15, 0.2) is 0 Å². The van der Waals surface area contributed by atoms with E-state index in [-0.39, 0.29) is 34.7 Å². The minimum atomic E-state index is -0.308. The van der Waals surface area contributed by atoms with Gasteiger partial charge in [-0.05, 0) is 20.0 Å². The van der Waals surface area contributed by atoms with Gasteiger partial charge in [0.25, 0.3) is 5.52 Å². The third-order valence-corrected chi connectivity index (χ3v) is 4.40. The second-order valence-corrected chi connectivity index (χ2v) is 6.01. The van der Waals surface area contributed by atoms with Crippen LogP contribution >= 0.6 is 0 Å².